The Balaban J connectivity index is 2.21. The fourth-order valence-electron chi connectivity index (χ4n) is 2.35. The van der Waals surface area contributed by atoms with E-state index in [9.17, 15) is 0 Å². The van der Waals surface area contributed by atoms with Gasteiger partial charge in [-0.25, -0.2) is 4.98 Å². The summed E-state index contributed by atoms with van der Waals surface area (Å²) in [6.45, 7) is 6.11. The van der Waals surface area contributed by atoms with Crippen LogP contribution < -0.4 is 0 Å². The van der Waals surface area contributed by atoms with Gasteiger partial charge in [0.2, 0.25) is 0 Å². The molecule has 0 aliphatic carbocycles. The van der Waals surface area contributed by atoms with Gasteiger partial charge in [0.25, 0.3) is 0 Å². The third-order valence-electron chi connectivity index (χ3n) is 3.30. The van der Waals surface area contributed by atoms with Gasteiger partial charge >= 0.3 is 0 Å². The van der Waals surface area contributed by atoms with Crippen LogP contribution in [0.3, 0.4) is 0 Å². The predicted molar refractivity (Wildman–Crippen MR) is 76.4 cm³/mol. The molecule has 2 aromatic rings. The van der Waals surface area contributed by atoms with Gasteiger partial charge in [-0.2, -0.15) is 0 Å². The summed E-state index contributed by atoms with van der Waals surface area (Å²) in [7, 11) is 0. The Morgan fingerprint density at radius 3 is 2.89 bits per heavy atom. The van der Waals surface area contributed by atoms with Crippen molar-refractivity contribution >= 4 is 6.08 Å². The normalized spacial score (nSPS) is 12.3. The first-order chi connectivity index (χ1) is 8.85. The van der Waals surface area contributed by atoms with E-state index in [4.69, 9.17) is 0 Å². The van der Waals surface area contributed by atoms with Crippen molar-refractivity contribution in [1.82, 2.24) is 9.55 Å². The second-order valence-electron chi connectivity index (χ2n) is 4.56. The van der Waals surface area contributed by atoms with Crippen molar-refractivity contribution in [2.45, 2.75) is 32.2 Å². The molecule has 1 unspecified atom stereocenters. The summed E-state index contributed by atoms with van der Waals surface area (Å²) >= 11 is 0. The van der Waals surface area contributed by atoms with Crippen LogP contribution in [-0.2, 0) is 6.42 Å². The van der Waals surface area contributed by atoms with E-state index >= 15 is 0 Å². The highest BCUT2D eigenvalue weighted by molar-refractivity contribution is 5.51. The van der Waals surface area contributed by atoms with E-state index in [0.717, 1.165) is 6.42 Å². The van der Waals surface area contributed by atoms with Crippen molar-refractivity contribution in [2.75, 3.05) is 0 Å². The standard InChI is InChI=1S/C16H20N2/c1-3-7-16(18-11-10-17-13-18)12-15-9-6-5-8-14(15)4-2/h4-6,8-11,13,16H,2-3,7,12H2,1H3. The zero-order valence-corrected chi connectivity index (χ0v) is 10.9. The van der Waals surface area contributed by atoms with Crippen LogP contribution in [0.2, 0.25) is 0 Å². The highest BCUT2D eigenvalue weighted by Crippen LogP contribution is 2.22. The van der Waals surface area contributed by atoms with Crippen LogP contribution in [0.5, 0.6) is 0 Å². The minimum absolute atomic E-state index is 0.485. The first kappa shape index (κ1) is 12.6. The molecule has 0 saturated heterocycles. The summed E-state index contributed by atoms with van der Waals surface area (Å²) in [4.78, 5) is 4.15. The summed E-state index contributed by atoms with van der Waals surface area (Å²) < 4.78 is 2.21. The van der Waals surface area contributed by atoms with Crippen LogP contribution in [0.4, 0.5) is 0 Å². The fraction of sp³-hybridized carbons (Fsp3) is 0.312. The summed E-state index contributed by atoms with van der Waals surface area (Å²) in [6, 6.07) is 8.96. The average molecular weight is 240 g/mol. The molecule has 1 atom stereocenters. The van der Waals surface area contributed by atoms with Crippen molar-refractivity contribution in [3.63, 3.8) is 0 Å². The molecular formula is C16H20N2. The Morgan fingerprint density at radius 2 is 2.22 bits per heavy atom. The Morgan fingerprint density at radius 1 is 1.39 bits per heavy atom. The summed E-state index contributed by atoms with van der Waals surface area (Å²) in [5.41, 5.74) is 2.60. The maximum atomic E-state index is 4.15. The lowest BCUT2D eigenvalue weighted by Gasteiger charge is -2.19. The molecule has 94 valence electrons. The molecule has 0 amide bonds. The van der Waals surface area contributed by atoms with Crippen LogP contribution in [0.15, 0.2) is 49.6 Å². The van der Waals surface area contributed by atoms with Gasteiger partial charge in [-0.15, -0.1) is 0 Å². The Bertz CT molecular complexity index is 486. The van der Waals surface area contributed by atoms with Crippen molar-refractivity contribution in [3.05, 3.63) is 60.7 Å². The molecule has 2 heteroatoms. The summed E-state index contributed by atoms with van der Waals surface area (Å²) in [5.74, 6) is 0. The van der Waals surface area contributed by atoms with Gasteiger partial charge < -0.3 is 4.57 Å². The van der Waals surface area contributed by atoms with Gasteiger partial charge in [0, 0.05) is 18.4 Å². The highest BCUT2D eigenvalue weighted by Gasteiger charge is 2.11. The first-order valence-corrected chi connectivity index (χ1v) is 6.53. The van der Waals surface area contributed by atoms with Crippen LogP contribution in [0.25, 0.3) is 6.08 Å². The summed E-state index contributed by atoms with van der Waals surface area (Å²) in [6.07, 6.45) is 11.1. The molecule has 0 aliphatic rings. The number of imidazole rings is 1. The largest absolute Gasteiger partial charge is 0.334 e. The molecule has 0 spiro atoms. The molecule has 1 aromatic carbocycles. The predicted octanol–water partition coefficient (Wildman–Crippen LogP) is 4.11. The maximum absolute atomic E-state index is 4.15. The van der Waals surface area contributed by atoms with Gasteiger partial charge in [-0.1, -0.05) is 50.3 Å². The SMILES string of the molecule is C=Cc1ccccc1CC(CCC)n1ccnc1. The van der Waals surface area contributed by atoms with Gasteiger partial charge in [-0.05, 0) is 24.0 Å². The highest BCUT2D eigenvalue weighted by atomic mass is 15.0. The topological polar surface area (TPSA) is 17.8 Å². The number of hydrogen-bond acceptors (Lipinski definition) is 1. The number of nitrogens with zero attached hydrogens (tertiary/aromatic N) is 2. The number of aromatic nitrogens is 2. The lowest BCUT2D eigenvalue weighted by Crippen LogP contribution is -2.10. The Hall–Kier alpha value is -1.83. The molecule has 18 heavy (non-hydrogen) atoms. The van der Waals surface area contributed by atoms with E-state index in [1.807, 2.05) is 18.6 Å². The van der Waals surface area contributed by atoms with E-state index < -0.39 is 0 Å². The van der Waals surface area contributed by atoms with Crippen molar-refractivity contribution in [1.29, 1.82) is 0 Å². The number of benzene rings is 1. The van der Waals surface area contributed by atoms with Crippen molar-refractivity contribution in [2.24, 2.45) is 0 Å². The van der Waals surface area contributed by atoms with E-state index in [2.05, 4.69) is 53.5 Å². The molecule has 2 rings (SSSR count). The molecule has 1 heterocycles. The van der Waals surface area contributed by atoms with E-state index in [0.29, 0.717) is 6.04 Å². The smallest absolute Gasteiger partial charge is 0.0948 e. The molecule has 0 aliphatic heterocycles. The fourth-order valence-corrected chi connectivity index (χ4v) is 2.35. The summed E-state index contributed by atoms with van der Waals surface area (Å²) in [5, 5.41) is 0. The lowest BCUT2D eigenvalue weighted by molar-refractivity contribution is 0.457. The Labute approximate surface area is 109 Å². The van der Waals surface area contributed by atoms with Crippen molar-refractivity contribution in [3.8, 4) is 0 Å². The second-order valence-corrected chi connectivity index (χ2v) is 4.56. The Kier molecular flexibility index (Phi) is 4.35. The van der Waals surface area contributed by atoms with E-state index in [-0.39, 0.29) is 0 Å². The van der Waals surface area contributed by atoms with Crippen LogP contribution in [0, 0.1) is 0 Å². The first-order valence-electron chi connectivity index (χ1n) is 6.53. The maximum Gasteiger partial charge on any atom is 0.0948 e. The molecule has 0 radical (unpaired) electrons. The zero-order valence-electron chi connectivity index (χ0n) is 10.9. The van der Waals surface area contributed by atoms with E-state index in [1.165, 1.54) is 24.0 Å². The van der Waals surface area contributed by atoms with Gasteiger partial charge in [0.05, 0.1) is 6.33 Å². The molecule has 0 N–H and O–H groups in total. The van der Waals surface area contributed by atoms with Gasteiger partial charge in [0.15, 0.2) is 0 Å². The molecule has 2 nitrogen and oxygen atoms in total. The molecule has 0 saturated carbocycles. The quantitative estimate of drug-likeness (QED) is 0.743. The van der Waals surface area contributed by atoms with E-state index in [1.54, 1.807) is 0 Å². The molecular weight excluding hydrogens is 220 g/mol. The molecule has 1 aromatic heterocycles. The molecule has 0 bridgehead atoms. The number of hydrogen-bond donors (Lipinski definition) is 0. The van der Waals surface area contributed by atoms with Gasteiger partial charge in [-0.3, -0.25) is 0 Å². The third kappa shape index (κ3) is 2.89. The minimum atomic E-state index is 0.485. The minimum Gasteiger partial charge on any atom is -0.334 e. The van der Waals surface area contributed by atoms with Crippen LogP contribution >= 0.6 is 0 Å². The van der Waals surface area contributed by atoms with Crippen molar-refractivity contribution < 1.29 is 0 Å². The average Bonchev–Trinajstić information content (AvgIpc) is 2.92. The second kappa shape index (κ2) is 6.20. The van der Waals surface area contributed by atoms with Gasteiger partial charge in [0.1, 0.15) is 0 Å². The van der Waals surface area contributed by atoms with Crippen LogP contribution in [-0.4, -0.2) is 9.55 Å². The van der Waals surface area contributed by atoms with Crippen LogP contribution in [0.1, 0.15) is 36.9 Å². The lowest BCUT2D eigenvalue weighted by atomic mass is 9.97. The molecule has 0 fully saturated rings. The third-order valence-corrected chi connectivity index (χ3v) is 3.30. The zero-order chi connectivity index (χ0) is 12.8. The number of rotatable bonds is 6. The monoisotopic (exact) mass is 240 g/mol.